The number of amides is 1. The van der Waals surface area contributed by atoms with Gasteiger partial charge in [-0.1, -0.05) is 43.8 Å². The fraction of sp³-hybridized carbons (Fsp3) is 0.267. The predicted octanol–water partition coefficient (Wildman–Crippen LogP) is 4.76. The van der Waals surface area contributed by atoms with E-state index in [4.69, 9.17) is 14.5 Å². The predicted molar refractivity (Wildman–Crippen MR) is 162 cm³/mol. The molecule has 0 bridgehead atoms. The number of aromatic nitrogens is 3. The molecule has 1 N–H and O–H groups in total. The number of methoxy groups -OCH3 is 2. The van der Waals surface area contributed by atoms with Gasteiger partial charge in [-0.2, -0.15) is 4.98 Å². The van der Waals surface area contributed by atoms with Gasteiger partial charge in [0.05, 0.1) is 36.9 Å². The molecule has 0 atom stereocenters. The number of anilines is 3. The molecule has 9 nitrogen and oxygen atoms in total. The number of benzene rings is 2. The summed E-state index contributed by atoms with van der Waals surface area (Å²) in [5.74, 6) is 3.92. The van der Waals surface area contributed by atoms with Gasteiger partial charge in [0.1, 0.15) is 13.8 Å². The first kappa shape index (κ1) is 28.5. The monoisotopic (exact) mass is 555 g/mol. The van der Waals surface area contributed by atoms with E-state index in [2.05, 4.69) is 41.4 Å². The number of ether oxygens (including phenoxy) is 2. The summed E-state index contributed by atoms with van der Waals surface area (Å²) >= 11 is 0. The third-order valence-corrected chi connectivity index (χ3v) is 6.93. The lowest BCUT2D eigenvalue weighted by atomic mass is 10.2. The Morgan fingerprint density at radius 1 is 1.10 bits per heavy atom. The quantitative estimate of drug-likeness (QED) is 0.247. The van der Waals surface area contributed by atoms with Gasteiger partial charge in [0.25, 0.3) is 5.56 Å². The number of hydrogen-bond acceptors (Lipinski definition) is 7. The van der Waals surface area contributed by atoms with E-state index in [1.807, 2.05) is 30.3 Å². The fourth-order valence-corrected chi connectivity index (χ4v) is 4.47. The first-order chi connectivity index (χ1) is 19.1. The van der Waals surface area contributed by atoms with Gasteiger partial charge in [0, 0.05) is 43.7 Å². The highest BCUT2D eigenvalue weighted by atomic mass is 28.3. The maximum Gasteiger partial charge on any atom is 0.258 e. The summed E-state index contributed by atoms with van der Waals surface area (Å²) in [5.41, 5.74) is 6.11. The molecule has 2 heterocycles. The lowest BCUT2D eigenvalue weighted by molar-refractivity contribution is -0.119. The third kappa shape index (κ3) is 6.57. The van der Waals surface area contributed by atoms with Crippen molar-refractivity contribution in [1.82, 2.24) is 14.5 Å². The van der Waals surface area contributed by atoms with E-state index in [-0.39, 0.29) is 23.8 Å². The molecule has 1 amide bonds. The highest BCUT2D eigenvalue weighted by Gasteiger charge is 2.17. The summed E-state index contributed by atoms with van der Waals surface area (Å²) in [6.45, 7) is 6.80. The van der Waals surface area contributed by atoms with Gasteiger partial charge in [0.2, 0.25) is 11.9 Å². The first-order valence-corrected chi connectivity index (χ1v) is 16.3. The highest BCUT2D eigenvalue weighted by molar-refractivity contribution is 6.83. The maximum atomic E-state index is 13.3. The average molecular weight is 556 g/mol. The number of nitrogens with one attached hydrogen (secondary N) is 1. The number of pyridine rings is 1. The SMILES string of the molecule is COCCC(=O)N(C)c1ccc(Nc2ncc3c(C#C[Si](C)(C)C)cc(=O)n(-c4ccccc4)c3n2)c(OC)c1. The molecular weight excluding hydrogens is 522 g/mol. The van der Waals surface area contributed by atoms with Crippen molar-refractivity contribution in [3.63, 3.8) is 0 Å². The molecule has 206 valence electrons. The number of carbonyl (C=O) groups excluding carboxylic acids is 1. The Labute approximate surface area is 234 Å². The third-order valence-electron chi connectivity index (χ3n) is 6.06. The van der Waals surface area contributed by atoms with Crippen molar-refractivity contribution in [2.75, 3.05) is 38.1 Å². The number of para-hydroxylation sites is 1. The van der Waals surface area contributed by atoms with Gasteiger partial charge in [-0.05, 0) is 24.3 Å². The zero-order chi connectivity index (χ0) is 28.9. The molecule has 0 aliphatic carbocycles. The molecule has 0 saturated carbocycles. The van der Waals surface area contributed by atoms with E-state index in [1.165, 1.54) is 0 Å². The van der Waals surface area contributed by atoms with Gasteiger partial charge in [0.15, 0.2) is 5.65 Å². The summed E-state index contributed by atoms with van der Waals surface area (Å²) in [7, 11) is 3.13. The van der Waals surface area contributed by atoms with Crippen LogP contribution in [0.1, 0.15) is 12.0 Å². The zero-order valence-electron chi connectivity index (χ0n) is 23.6. The van der Waals surface area contributed by atoms with Crippen LogP contribution in [0, 0.1) is 11.5 Å². The molecule has 0 fully saturated rings. The molecule has 0 radical (unpaired) electrons. The second-order valence-electron chi connectivity index (χ2n) is 10.2. The summed E-state index contributed by atoms with van der Waals surface area (Å²) in [6, 6.07) is 16.3. The molecule has 2 aromatic carbocycles. The van der Waals surface area contributed by atoms with E-state index in [1.54, 1.807) is 61.2 Å². The van der Waals surface area contributed by atoms with Gasteiger partial charge in [-0.3, -0.25) is 14.2 Å². The van der Waals surface area contributed by atoms with E-state index in [0.29, 0.717) is 46.0 Å². The van der Waals surface area contributed by atoms with Gasteiger partial charge in [-0.25, -0.2) is 4.98 Å². The van der Waals surface area contributed by atoms with Crippen molar-refractivity contribution in [1.29, 1.82) is 0 Å². The van der Waals surface area contributed by atoms with Crippen LogP contribution in [-0.2, 0) is 9.53 Å². The van der Waals surface area contributed by atoms with Crippen molar-refractivity contribution in [2.45, 2.75) is 26.1 Å². The Bertz CT molecular complexity index is 1650. The fourth-order valence-electron chi connectivity index (χ4n) is 3.96. The molecule has 0 saturated heterocycles. The van der Waals surface area contributed by atoms with Crippen LogP contribution in [0.5, 0.6) is 5.75 Å². The smallest absolute Gasteiger partial charge is 0.258 e. The number of carbonyl (C=O) groups is 1. The van der Waals surface area contributed by atoms with Gasteiger partial charge >= 0.3 is 0 Å². The van der Waals surface area contributed by atoms with Crippen LogP contribution in [0.15, 0.2) is 65.6 Å². The molecule has 40 heavy (non-hydrogen) atoms. The summed E-state index contributed by atoms with van der Waals surface area (Å²) in [6.07, 6.45) is 1.95. The standard InChI is InChI=1S/C30H33N5O4Si/c1-34(27(36)14-16-38-2)23-12-13-25(26(19-23)39-3)32-30-31-20-24-21(15-17-40(4,5)6)18-28(37)35(29(24)33-30)22-10-8-7-9-11-22/h7-13,18-20H,14,16H2,1-6H3,(H,31,32,33). The summed E-state index contributed by atoms with van der Waals surface area (Å²) < 4.78 is 12.2. The van der Waals surface area contributed by atoms with Crippen LogP contribution in [-0.4, -0.2) is 56.4 Å². The summed E-state index contributed by atoms with van der Waals surface area (Å²) in [5, 5.41) is 3.88. The van der Waals surface area contributed by atoms with Crippen molar-refractivity contribution < 1.29 is 14.3 Å². The van der Waals surface area contributed by atoms with Gasteiger partial charge < -0.3 is 19.7 Å². The number of hydrogen-bond donors (Lipinski definition) is 1. The Kier molecular flexibility index (Phi) is 8.67. The number of nitrogens with zero attached hydrogens (tertiary/aromatic N) is 4. The lowest BCUT2D eigenvalue weighted by Crippen LogP contribution is -2.27. The molecule has 4 rings (SSSR count). The minimum absolute atomic E-state index is 0.0746. The van der Waals surface area contributed by atoms with Crippen molar-refractivity contribution in [3.05, 3.63) is 76.7 Å². The topological polar surface area (TPSA) is 98.6 Å². The zero-order valence-corrected chi connectivity index (χ0v) is 24.6. The molecule has 0 unspecified atom stereocenters. The molecule has 2 aromatic heterocycles. The van der Waals surface area contributed by atoms with Crippen LogP contribution in [0.3, 0.4) is 0 Å². The Morgan fingerprint density at radius 3 is 2.52 bits per heavy atom. The normalized spacial score (nSPS) is 11.1. The molecule has 0 aliphatic rings. The van der Waals surface area contributed by atoms with Crippen LogP contribution in [0.2, 0.25) is 19.6 Å². The second kappa shape index (κ2) is 12.2. The molecule has 10 heteroatoms. The Morgan fingerprint density at radius 2 is 1.85 bits per heavy atom. The molecular formula is C30H33N5O4Si. The van der Waals surface area contributed by atoms with E-state index >= 15 is 0 Å². The van der Waals surface area contributed by atoms with E-state index < -0.39 is 8.07 Å². The van der Waals surface area contributed by atoms with E-state index in [0.717, 1.165) is 0 Å². The second-order valence-corrected chi connectivity index (χ2v) is 15.0. The summed E-state index contributed by atoms with van der Waals surface area (Å²) in [4.78, 5) is 36.6. The maximum absolute atomic E-state index is 13.3. The molecule has 0 aliphatic heterocycles. The largest absolute Gasteiger partial charge is 0.494 e. The van der Waals surface area contributed by atoms with Crippen molar-refractivity contribution in [2.24, 2.45) is 0 Å². The van der Waals surface area contributed by atoms with Crippen molar-refractivity contribution >= 4 is 42.3 Å². The number of rotatable bonds is 8. The lowest BCUT2D eigenvalue weighted by Gasteiger charge is -2.19. The van der Waals surface area contributed by atoms with Crippen LogP contribution < -0.4 is 20.5 Å². The van der Waals surface area contributed by atoms with E-state index in [9.17, 15) is 9.59 Å². The van der Waals surface area contributed by atoms with Crippen LogP contribution >= 0.6 is 0 Å². The van der Waals surface area contributed by atoms with Crippen LogP contribution in [0.25, 0.3) is 16.7 Å². The molecule has 4 aromatic rings. The Balaban J connectivity index is 1.78. The minimum Gasteiger partial charge on any atom is -0.494 e. The highest BCUT2D eigenvalue weighted by Crippen LogP contribution is 2.32. The first-order valence-electron chi connectivity index (χ1n) is 12.8. The number of fused-ring (bicyclic) bond motifs is 1. The molecule has 0 spiro atoms. The Hall–Kier alpha value is -4.46. The average Bonchev–Trinajstić information content (AvgIpc) is 2.94. The minimum atomic E-state index is -1.69. The van der Waals surface area contributed by atoms with Gasteiger partial charge in [-0.15, -0.1) is 5.54 Å². The van der Waals surface area contributed by atoms with Crippen LogP contribution in [0.4, 0.5) is 17.3 Å². The van der Waals surface area contributed by atoms with Crippen molar-refractivity contribution in [3.8, 4) is 22.9 Å².